The molecule has 2 aromatic rings. The molecule has 0 saturated carbocycles. The largest absolute Gasteiger partial charge is 0.492 e. The number of aromatic nitrogens is 1. The van der Waals surface area contributed by atoms with Crippen molar-refractivity contribution < 1.29 is 22.3 Å². The molecule has 1 aromatic carbocycles. The van der Waals surface area contributed by atoms with E-state index in [1.54, 1.807) is 6.92 Å². The number of halogens is 5. The van der Waals surface area contributed by atoms with Gasteiger partial charge in [-0.1, -0.05) is 11.6 Å². The topological polar surface area (TPSA) is 46.2 Å². The average molecular weight is 428 g/mol. The minimum atomic E-state index is -4.51. The van der Waals surface area contributed by atoms with Crippen molar-refractivity contribution >= 4 is 45.4 Å². The normalized spacial score (nSPS) is 11.3. The Labute approximate surface area is 161 Å². The number of anilines is 1. The van der Waals surface area contributed by atoms with Crippen LogP contribution in [0.15, 0.2) is 17.5 Å². The molecule has 2 N–H and O–H groups in total. The number of hydrogen-bond acceptors (Lipinski definition) is 4. The number of rotatable bonds is 6. The summed E-state index contributed by atoms with van der Waals surface area (Å²) >= 11 is 11.9. The number of benzene rings is 1. The van der Waals surface area contributed by atoms with Crippen molar-refractivity contribution in [3.05, 3.63) is 39.6 Å². The van der Waals surface area contributed by atoms with Crippen molar-refractivity contribution in [2.45, 2.75) is 19.5 Å². The summed E-state index contributed by atoms with van der Waals surface area (Å²) < 4.78 is 56.7. The van der Waals surface area contributed by atoms with Crippen LogP contribution in [0, 0.1) is 5.82 Å². The molecular weight excluding hydrogens is 414 g/mol. The highest BCUT2D eigenvalue weighted by Crippen LogP contribution is 2.32. The zero-order valence-electron chi connectivity index (χ0n) is 13.4. The van der Waals surface area contributed by atoms with Gasteiger partial charge in [-0.3, -0.25) is 0 Å². The molecule has 0 aliphatic heterocycles. The van der Waals surface area contributed by atoms with E-state index in [2.05, 4.69) is 15.6 Å². The third kappa shape index (κ3) is 5.42. The van der Waals surface area contributed by atoms with Crippen LogP contribution in [0.4, 0.5) is 22.7 Å². The van der Waals surface area contributed by atoms with E-state index in [9.17, 15) is 17.6 Å². The molecule has 0 aliphatic carbocycles. The molecule has 0 unspecified atom stereocenters. The van der Waals surface area contributed by atoms with Gasteiger partial charge in [-0.05, 0) is 37.7 Å². The number of nitrogens with one attached hydrogen (secondary N) is 2. The molecule has 0 fully saturated rings. The molecule has 2 rings (SSSR count). The summed E-state index contributed by atoms with van der Waals surface area (Å²) in [5, 5.41) is 6.49. The number of hydrogen-bond donors (Lipinski definition) is 2. The predicted molar refractivity (Wildman–Crippen MR) is 97.6 cm³/mol. The highest BCUT2D eigenvalue weighted by molar-refractivity contribution is 7.80. The zero-order valence-corrected chi connectivity index (χ0v) is 15.8. The van der Waals surface area contributed by atoms with E-state index in [4.69, 9.17) is 28.6 Å². The van der Waals surface area contributed by atoms with E-state index >= 15 is 0 Å². The highest BCUT2D eigenvalue weighted by atomic mass is 35.5. The third-order valence-electron chi connectivity index (χ3n) is 3.13. The molecule has 0 atom stereocenters. The van der Waals surface area contributed by atoms with Crippen LogP contribution in [-0.2, 0) is 12.6 Å². The summed E-state index contributed by atoms with van der Waals surface area (Å²) in [5.74, 6) is -0.0948. The Morgan fingerprint density at radius 1 is 1.38 bits per heavy atom. The Balaban J connectivity index is 1.91. The molecule has 0 saturated heterocycles. The van der Waals surface area contributed by atoms with Crippen LogP contribution in [0.3, 0.4) is 0 Å². The second-order valence-electron chi connectivity index (χ2n) is 4.94. The Bertz CT molecular complexity index is 783. The van der Waals surface area contributed by atoms with Gasteiger partial charge in [0.1, 0.15) is 11.6 Å². The van der Waals surface area contributed by atoms with Crippen LogP contribution in [0.2, 0.25) is 5.02 Å². The van der Waals surface area contributed by atoms with Crippen LogP contribution in [-0.4, -0.2) is 23.2 Å². The van der Waals surface area contributed by atoms with Crippen LogP contribution in [0.25, 0.3) is 0 Å². The lowest BCUT2D eigenvalue weighted by atomic mass is 10.1. The van der Waals surface area contributed by atoms with Crippen molar-refractivity contribution in [2.75, 3.05) is 18.5 Å². The monoisotopic (exact) mass is 427 g/mol. The minimum Gasteiger partial charge on any atom is -0.492 e. The maximum absolute atomic E-state index is 13.9. The summed E-state index contributed by atoms with van der Waals surface area (Å²) in [6, 6.07) is 2.71. The van der Waals surface area contributed by atoms with Crippen LogP contribution >= 0.6 is 35.2 Å². The molecule has 0 radical (unpaired) electrons. The van der Waals surface area contributed by atoms with Gasteiger partial charge in [-0.15, -0.1) is 11.3 Å². The van der Waals surface area contributed by atoms with Gasteiger partial charge in [0.25, 0.3) is 0 Å². The molecule has 4 nitrogen and oxygen atoms in total. The lowest BCUT2D eigenvalue weighted by Crippen LogP contribution is -2.30. The summed E-state index contributed by atoms with van der Waals surface area (Å²) in [4.78, 5) is 3.41. The smallest absolute Gasteiger partial charge is 0.434 e. The number of thiazole rings is 1. The van der Waals surface area contributed by atoms with Crippen molar-refractivity contribution in [3.63, 3.8) is 0 Å². The second-order valence-corrected chi connectivity index (χ2v) is 6.58. The molecule has 26 heavy (non-hydrogen) atoms. The SMILES string of the molecule is CCOc1ccc(F)c(CCNC(=S)Nc2nc(C(F)(F)F)cs2)c1Cl. The Morgan fingerprint density at radius 3 is 2.73 bits per heavy atom. The highest BCUT2D eigenvalue weighted by Gasteiger charge is 2.33. The first-order chi connectivity index (χ1) is 12.2. The van der Waals surface area contributed by atoms with Crippen molar-refractivity contribution in [1.82, 2.24) is 10.3 Å². The van der Waals surface area contributed by atoms with Gasteiger partial charge < -0.3 is 15.4 Å². The molecule has 11 heteroatoms. The Morgan fingerprint density at radius 2 is 2.12 bits per heavy atom. The summed E-state index contributed by atoms with van der Waals surface area (Å²) in [6.07, 6.45) is -4.30. The first kappa shape index (κ1) is 20.7. The molecule has 1 heterocycles. The number of ether oxygens (including phenoxy) is 1. The van der Waals surface area contributed by atoms with Crippen molar-refractivity contribution in [1.29, 1.82) is 0 Å². The summed E-state index contributed by atoms with van der Waals surface area (Å²) in [6.45, 7) is 2.40. The summed E-state index contributed by atoms with van der Waals surface area (Å²) in [5.41, 5.74) is -0.726. The van der Waals surface area contributed by atoms with Gasteiger partial charge in [0, 0.05) is 17.5 Å². The predicted octanol–water partition coefficient (Wildman–Crippen LogP) is 4.88. The summed E-state index contributed by atoms with van der Waals surface area (Å²) in [7, 11) is 0. The van der Waals surface area contributed by atoms with E-state index in [-0.39, 0.29) is 33.8 Å². The fourth-order valence-corrected chi connectivity index (χ4v) is 3.26. The van der Waals surface area contributed by atoms with Crippen molar-refractivity contribution in [2.24, 2.45) is 0 Å². The van der Waals surface area contributed by atoms with Gasteiger partial charge in [0.2, 0.25) is 0 Å². The number of alkyl halides is 3. The van der Waals surface area contributed by atoms with E-state index in [1.807, 2.05) is 0 Å². The minimum absolute atomic E-state index is 0.0115. The van der Waals surface area contributed by atoms with Crippen LogP contribution in [0.1, 0.15) is 18.2 Å². The van der Waals surface area contributed by atoms with Gasteiger partial charge in [-0.25, -0.2) is 9.37 Å². The fraction of sp³-hybridized carbons (Fsp3) is 0.333. The lowest BCUT2D eigenvalue weighted by molar-refractivity contribution is -0.140. The van der Waals surface area contributed by atoms with Gasteiger partial charge in [-0.2, -0.15) is 13.2 Å². The van der Waals surface area contributed by atoms with Crippen LogP contribution in [0.5, 0.6) is 5.75 Å². The molecular formula is C15H14ClF4N3OS2. The first-order valence-corrected chi connectivity index (χ1v) is 9.06. The molecule has 0 amide bonds. The van der Waals surface area contributed by atoms with Crippen LogP contribution < -0.4 is 15.4 Å². The van der Waals surface area contributed by atoms with E-state index in [1.165, 1.54) is 12.1 Å². The molecule has 0 bridgehead atoms. The maximum atomic E-state index is 13.9. The van der Waals surface area contributed by atoms with Gasteiger partial charge in [0.05, 0.1) is 11.6 Å². The number of thiocarbonyl (C=S) groups is 1. The van der Waals surface area contributed by atoms with E-state index in [0.29, 0.717) is 12.4 Å². The molecule has 0 aliphatic rings. The molecule has 142 valence electrons. The third-order valence-corrected chi connectivity index (χ3v) is 4.54. The molecule has 0 spiro atoms. The van der Waals surface area contributed by atoms with Crippen molar-refractivity contribution in [3.8, 4) is 5.75 Å². The lowest BCUT2D eigenvalue weighted by Gasteiger charge is -2.12. The maximum Gasteiger partial charge on any atom is 0.434 e. The molecule has 1 aromatic heterocycles. The first-order valence-electron chi connectivity index (χ1n) is 7.39. The fourth-order valence-electron chi connectivity index (χ4n) is 1.98. The standard InChI is InChI=1S/C15H14ClF4N3OS2/c1-2-24-10-4-3-9(17)8(12(10)16)5-6-21-13(25)23-14-22-11(7-26-14)15(18,19)20/h3-4,7H,2,5-6H2,1H3,(H2,21,22,23,25). The second kappa shape index (κ2) is 8.83. The Kier molecular flexibility index (Phi) is 7.01. The zero-order chi connectivity index (χ0) is 19.3. The van der Waals surface area contributed by atoms with E-state index < -0.39 is 17.7 Å². The number of nitrogens with zero attached hydrogens (tertiary/aromatic N) is 1. The quantitative estimate of drug-likeness (QED) is 0.508. The van der Waals surface area contributed by atoms with E-state index in [0.717, 1.165) is 16.7 Å². The van der Waals surface area contributed by atoms with Gasteiger partial charge in [0.15, 0.2) is 15.9 Å². The average Bonchev–Trinajstić information content (AvgIpc) is 3.02. The Hall–Kier alpha value is -1.65. The van der Waals surface area contributed by atoms with Gasteiger partial charge >= 0.3 is 6.18 Å².